The van der Waals surface area contributed by atoms with Gasteiger partial charge in [0, 0.05) is 17.0 Å². The molecule has 1 aliphatic rings. The van der Waals surface area contributed by atoms with Crippen LogP contribution in [0.1, 0.15) is 32.2 Å². The molecule has 0 bridgehead atoms. The van der Waals surface area contributed by atoms with Gasteiger partial charge >= 0.3 is 0 Å². The van der Waals surface area contributed by atoms with E-state index in [-0.39, 0.29) is 17.5 Å². The van der Waals surface area contributed by atoms with Crippen molar-refractivity contribution in [2.45, 2.75) is 11.2 Å². The highest BCUT2D eigenvalue weighted by atomic mass is 32.2. The molecule has 0 spiro atoms. The van der Waals surface area contributed by atoms with E-state index in [1.54, 1.807) is 53.9 Å². The molecule has 0 aliphatic carbocycles. The second-order valence-electron chi connectivity index (χ2n) is 7.00. The highest BCUT2D eigenvalue weighted by molar-refractivity contribution is 7.89. The van der Waals surface area contributed by atoms with Gasteiger partial charge in [-0.25, -0.2) is 0 Å². The first-order chi connectivity index (χ1) is 14.2. The summed E-state index contributed by atoms with van der Waals surface area (Å²) < 4.78 is 13.0. The van der Waals surface area contributed by atoms with Gasteiger partial charge in [0.1, 0.15) is 5.25 Å². The van der Waals surface area contributed by atoms with Crippen LogP contribution in [-0.4, -0.2) is 21.0 Å². The SMILES string of the molecule is O=C(c1ccccc1)[C@@H]1[C@@H](c2ccccc2)C=CS(=O)[C@H]1C(=O)c1ccccc1. The van der Waals surface area contributed by atoms with E-state index in [0.29, 0.717) is 11.1 Å². The van der Waals surface area contributed by atoms with Crippen molar-refractivity contribution in [2.24, 2.45) is 5.92 Å². The molecule has 4 atom stereocenters. The Kier molecular flexibility index (Phi) is 5.63. The summed E-state index contributed by atoms with van der Waals surface area (Å²) in [6, 6.07) is 27.3. The van der Waals surface area contributed by atoms with Gasteiger partial charge in [0.25, 0.3) is 0 Å². The van der Waals surface area contributed by atoms with Gasteiger partial charge in [0.2, 0.25) is 0 Å². The Bertz CT molecular complexity index is 1060. The molecule has 144 valence electrons. The molecule has 0 fully saturated rings. The van der Waals surface area contributed by atoms with Crippen LogP contribution in [-0.2, 0) is 10.8 Å². The van der Waals surface area contributed by atoms with E-state index in [1.807, 2.05) is 48.5 Å². The molecule has 29 heavy (non-hydrogen) atoms. The predicted octanol–water partition coefficient (Wildman–Crippen LogP) is 4.80. The van der Waals surface area contributed by atoms with Crippen LogP contribution in [0.5, 0.6) is 0 Å². The number of hydrogen-bond donors (Lipinski definition) is 0. The molecular formula is C25H20O3S. The largest absolute Gasteiger partial charge is 0.294 e. The van der Waals surface area contributed by atoms with Crippen molar-refractivity contribution in [3.8, 4) is 0 Å². The summed E-state index contributed by atoms with van der Waals surface area (Å²) in [6.45, 7) is 0. The average Bonchev–Trinajstić information content (AvgIpc) is 2.79. The van der Waals surface area contributed by atoms with Gasteiger partial charge in [-0.2, -0.15) is 0 Å². The predicted molar refractivity (Wildman–Crippen MR) is 115 cm³/mol. The Morgan fingerprint density at radius 2 is 1.14 bits per heavy atom. The quantitative estimate of drug-likeness (QED) is 0.578. The second kappa shape index (κ2) is 8.50. The number of allylic oxidation sites excluding steroid dienone is 1. The zero-order chi connectivity index (χ0) is 20.2. The molecule has 0 saturated carbocycles. The standard InChI is InChI=1S/C25H20O3S/c26-23(19-12-6-2-7-13-19)22-21(18-10-4-1-5-11-18)16-17-29(28)25(22)24(27)20-14-8-3-9-15-20/h1-17,21-22,25H/t21-,22+,25-,29?/m1/s1. The summed E-state index contributed by atoms with van der Waals surface area (Å²) >= 11 is 0. The number of hydrogen-bond acceptors (Lipinski definition) is 3. The first kappa shape index (κ1) is 19.2. The van der Waals surface area contributed by atoms with Crippen LogP contribution in [0.4, 0.5) is 0 Å². The lowest BCUT2D eigenvalue weighted by atomic mass is 9.77. The molecule has 0 amide bonds. The monoisotopic (exact) mass is 400 g/mol. The van der Waals surface area contributed by atoms with E-state index in [9.17, 15) is 13.8 Å². The normalized spacial score (nSPS) is 23.4. The van der Waals surface area contributed by atoms with Gasteiger partial charge < -0.3 is 0 Å². The van der Waals surface area contributed by atoms with E-state index in [1.165, 1.54) is 0 Å². The fourth-order valence-electron chi connectivity index (χ4n) is 3.82. The van der Waals surface area contributed by atoms with Gasteiger partial charge in [-0.1, -0.05) is 97.1 Å². The van der Waals surface area contributed by atoms with Crippen molar-refractivity contribution in [1.29, 1.82) is 0 Å². The van der Waals surface area contributed by atoms with E-state index >= 15 is 0 Å². The summed E-state index contributed by atoms with van der Waals surface area (Å²) in [5.41, 5.74) is 1.93. The molecule has 1 heterocycles. The Morgan fingerprint density at radius 3 is 1.69 bits per heavy atom. The maximum atomic E-state index is 13.6. The summed E-state index contributed by atoms with van der Waals surface area (Å²) in [7, 11) is -1.58. The third-order valence-electron chi connectivity index (χ3n) is 5.25. The molecule has 1 aliphatic heterocycles. The van der Waals surface area contributed by atoms with Crippen molar-refractivity contribution >= 4 is 22.4 Å². The fourth-order valence-corrected chi connectivity index (χ4v) is 5.25. The molecule has 1 unspecified atom stereocenters. The van der Waals surface area contributed by atoms with Gasteiger partial charge in [-0.3, -0.25) is 13.8 Å². The first-order valence-electron chi connectivity index (χ1n) is 9.48. The lowest BCUT2D eigenvalue weighted by Crippen LogP contribution is -2.43. The minimum absolute atomic E-state index is 0.161. The summed E-state index contributed by atoms with van der Waals surface area (Å²) in [5.74, 6) is -1.48. The summed E-state index contributed by atoms with van der Waals surface area (Å²) in [4.78, 5) is 26.9. The summed E-state index contributed by atoms with van der Waals surface area (Å²) in [5, 5.41) is 0.637. The zero-order valence-electron chi connectivity index (χ0n) is 15.7. The number of benzene rings is 3. The maximum absolute atomic E-state index is 13.6. The van der Waals surface area contributed by atoms with Crippen molar-refractivity contribution in [2.75, 3.05) is 0 Å². The van der Waals surface area contributed by atoms with E-state index < -0.39 is 22.0 Å². The minimum Gasteiger partial charge on any atom is -0.294 e. The van der Waals surface area contributed by atoms with Gasteiger partial charge in [-0.15, -0.1) is 0 Å². The third kappa shape index (κ3) is 3.89. The Balaban J connectivity index is 1.83. The molecule has 4 heteroatoms. The van der Waals surface area contributed by atoms with E-state index in [2.05, 4.69) is 0 Å². The highest BCUT2D eigenvalue weighted by Gasteiger charge is 2.44. The number of rotatable bonds is 5. The van der Waals surface area contributed by atoms with Crippen LogP contribution in [0.2, 0.25) is 0 Å². The van der Waals surface area contributed by atoms with Crippen LogP contribution in [0.3, 0.4) is 0 Å². The average molecular weight is 400 g/mol. The van der Waals surface area contributed by atoms with E-state index in [4.69, 9.17) is 0 Å². The second-order valence-corrected chi connectivity index (χ2v) is 8.44. The fraction of sp³-hybridized carbons (Fsp3) is 0.120. The van der Waals surface area contributed by atoms with Crippen LogP contribution in [0.25, 0.3) is 0 Å². The van der Waals surface area contributed by atoms with Crippen molar-refractivity contribution < 1.29 is 13.8 Å². The summed E-state index contributed by atoms with van der Waals surface area (Å²) in [6.07, 6.45) is 1.81. The van der Waals surface area contributed by atoms with E-state index in [0.717, 1.165) is 5.56 Å². The topological polar surface area (TPSA) is 51.2 Å². The van der Waals surface area contributed by atoms with Crippen molar-refractivity contribution in [1.82, 2.24) is 0 Å². The van der Waals surface area contributed by atoms with Crippen LogP contribution >= 0.6 is 0 Å². The van der Waals surface area contributed by atoms with Crippen LogP contribution in [0, 0.1) is 5.92 Å². The lowest BCUT2D eigenvalue weighted by molar-refractivity contribution is 0.0847. The highest BCUT2D eigenvalue weighted by Crippen LogP contribution is 2.38. The molecule has 0 saturated heterocycles. The third-order valence-corrected chi connectivity index (χ3v) is 6.68. The minimum atomic E-state index is -1.58. The molecule has 4 rings (SSSR count). The van der Waals surface area contributed by atoms with Crippen LogP contribution < -0.4 is 0 Å². The van der Waals surface area contributed by atoms with Crippen molar-refractivity contribution in [3.05, 3.63) is 119 Å². The number of ketones is 2. The Morgan fingerprint density at radius 1 is 0.655 bits per heavy atom. The van der Waals surface area contributed by atoms with Gasteiger partial charge in [0.05, 0.1) is 16.7 Å². The zero-order valence-corrected chi connectivity index (χ0v) is 16.5. The molecule has 3 aromatic rings. The molecule has 0 aromatic heterocycles. The number of carbonyl (C=O) groups is 2. The lowest BCUT2D eigenvalue weighted by Gasteiger charge is -2.33. The van der Waals surface area contributed by atoms with Crippen molar-refractivity contribution in [3.63, 3.8) is 0 Å². The molecule has 0 radical (unpaired) electrons. The van der Waals surface area contributed by atoms with Gasteiger partial charge in [0.15, 0.2) is 11.6 Å². The van der Waals surface area contributed by atoms with Gasteiger partial charge in [-0.05, 0) is 11.0 Å². The first-order valence-corrected chi connectivity index (χ1v) is 10.8. The smallest absolute Gasteiger partial charge is 0.179 e. The van der Waals surface area contributed by atoms with Crippen LogP contribution in [0.15, 0.2) is 102 Å². The molecule has 3 nitrogen and oxygen atoms in total. The molecule has 3 aromatic carbocycles. The Hall–Kier alpha value is -3.11. The maximum Gasteiger partial charge on any atom is 0.179 e. The molecule has 0 N–H and O–H groups in total. The molecular weight excluding hydrogens is 380 g/mol. The number of Topliss-reactive ketones (excluding diaryl/α,β-unsaturated/α-hetero) is 2. The Labute approximate surface area is 172 Å². The number of carbonyl (C=O) groups excluding carboxylic acids is 2.